The Morgan fingerprint density at radius 1 is 1.21 bits per heavy atom. The van der Waals surface area contributed by atoms with E-state index in [9.17, 15) is 13.2 Å². The fraction of sp³-hybridized carbons (Fsp3) is 0.167. The summed E-state index contributed by atoms with van der Waals surface area (Å²) in [6, 6.07) is 5.75. The number of nitrogens with two attached hydrogens (primary N) is 1. The molecule has 2 heterocycles. The Morgan fingerprint density at radius 2 is 2.00 bits per heavy atom. The predicted octanol–water partition coefficient (Wildman–Crippen LogP) is 1.07. The van der Waals surface area contributed by atoms with E-state index in [4.69, 9.17) is 10.5 Å². The molecule has 9 nitrogen and oxygen atoms in total. The van der Waals surface area contributed by atoms with Gasteiger partial charge in [0, 0.05) is 43.3 Å². The number of carbonyl (C=O) groups is 1. The van der Waals surface area contributed by atoms with Gasteiger partial charge >= 0.3 is 0 Å². The summed E-state index contributed by atoms with van der Waals surface area (Å²) in [6.07, 6.45) is 6.80. The second-order valence-corrected chi connectivity index (χ2v) is 7.80. The van der Waals surface area contributed by atoms with Crippen molar-refractivity contribution in [2.45, 2.75) is 11.4 Å². The summed E-state index contributed by atoms with van der Waals surface area (Å²) in [4.78, 5) is 15.6. The van der Waals surface area contributed by atoms with Crippen LogP contribution in [0.5, 0.6) is 5.75 Å². The Hall–Kier alpha value is -3.24. The van der Waals surface area contributed by atoms with Crippen LogP contribution >= 0.6 is 0 Å². The number of sulfonamides is 1. The third-order valence-electron chi connectivity index (χ3n) is 4.05. The third kappa shape index (κ3) is 4.18. The van der Waals surface area contributed by atoms with Crippen LogP contribution in [-0.4, -0.2) is 36.2 Å². The zero-order valence-corrected chi connectivity index (χ0v) is 16.1. The number of ether oxygens (including phenoxy) is 1. The lowest BCUT2D eigenvalue weighted by Gasteiger charge is -2.10. The van der Waals surface area contributed by atoms with E-state index < -0.39 is 15.9 Å². The molecule has 0 atom stereocenters. The molecule has 0 bridgehead atoms. The van der Waals surface area contributed by atoms with E-state index in [2.05, 4.69) is 14.8 Å². The van der Waals surface area contributed by atoms with Crippen LogP contribution in [0.4, 0.5) is 0 Å². The Kier molecular flexibility index (Phi) is 5.43. The summed E-state index contributed by atoms with van der Waals surface area (Å²) in [5.74, 6) is -0.568. The molecule has 0 aliphatic rings. The van der Waals surface area contributed by atoms with Gasteiger partial charge in [-0.2, -0.15) is 5.10 Å². The summed E-state index contributed by atoms with van der Waals surface area (Å²) >= 11 is 0. The molecule has 0 saturated carbocycles. The molecule has 0 unspecified atom stereocenters. The molecule has 0 aliphatic heterocycles. The summed E-state index contributed by atoms with van der Waals surface area (Å²) in [5.41, 5.74) is 7.66. The molecule has 0 radical (unpaired) electrons. The van der Waals surface area contributed by atoms with Crippen LogP contribution in [0, 0.1) is 0 Å². The topological polar surface area (TPSA) is 129 Å². The molecule has 1 aromatic carbocycles. The van der Waals surface area contributed by atoms with Crippen molar-refractivity contribution in [3.05, 3.63) is 60.2 Å². The molecule has 146 valence electrons. The Morgan fingerprint density at radius 3 is 2.64 bits per heavy atom. The first-order valence-electron chi connectivity index (χ1n) is 8.20. The van der Waals surface area contributed by atoms with Gasteiger partial charge in [0.05, 0.1) is 23.8 Å². The maximum absolute atomic E-state index is 12.6. The molecule has 1 amide bonds. The lowest BCUT2D eigenvalue weighted by Crippen LogP contribution is -2.24. The van der Waals surface area contributed by atoms with Gasteiger partial charge in [-0.25, -0.2) is 13.1 Å². The zero-order chi connectivity index (χ0) is 20.3. The maximum atomic E-state index is 12.6. The highest BCUT2D eigenvalue weighted by Gasteiger charge is 2.18. The quantitative estimate of drug-likeness (QED) is 0.609. The number of hydrogen-bond acceptors (Lipinski definition) is 6. The number of nitrogens with zero attached hydrogens (tertiary/aromatic N) is 3. The van der Waals surface area contributed by atoms with Crippen molar-refractivity contribution in [3.8, 4) is 16.9 Å². The van der Waals surface area contributed by atoms with E-state index in [-0.39, 0.29) is 22.8 Å². The Balaban J connectivity index is 1.80. The van der Waals surface area contributed by atoms with Crippen LogP contribution in [0.3, 0.4) is 0 Å². The maximum Gasteiger partial charge on any atom is 0.252 e. The first-order valence-corrected chi connectivity index (χ1v) is 9.69. The van der Waals surface area contributed by atoms with Crippen LogP contribution in [0.1, 0.15) is 15.9 Å². The largest absolute Gasteiger partial charge is 0.496 e. The van der Waals surface area contributed by atoms with Crippen LogP contribution in [0.25, 0.3) is 11.1 Å². The molecular formula is C18H19N5O4S. The van der Waals surface area contributed by atoms with Crippen LogP contribution in [-0.2, 0) is 23.6 Å². The molecule has 3 aromatic rings. The third-order valence-corrected chi connectivity index (χ3v) is 5.45. The summed E-state index contributed by atoms with van der Waals surface area (Å²) in [6.45, 7) is 0.0291. The van der Waals surface area contributed by atoms with E-state index >= 15 is 0 Å². The second kappa shape index (κ2) is 7.79. The summed E-state index contributed by atoms with van der Waals surface area (Å²) in [7, 11) is -0.689. The minimum Gasteiger partial charge on any atom is -0.496 e. The number of rotatable bonds is 7. The average molecular weight is 401 g/mol. The minimum absolute atomic E-state index is 0.00869. The fourth-order valence-corrected chi connectivity index (χ4v) is 3.66. The monoisotopic (exact) mass is 401 g/mol. The number of carbonyl (C=O) groups excluding carboxylic acids is 1. The highest BCUT2D eigenvalue weighted by molar-refractivity contribution is 7.89. The lowest BCUT2D eigenvalue weighted by molar-refractivity contribution is 0.0997. The number of amides is 1. The number of nitrogens with one attached hydrogen (secondary N) is 1. The highest BCUT2D eigenvalue weighted by Crippen LogP contribution is 2.22. The zero-order valence-electron chi connectivity index (χ0n) is 15.3. The number of aromatic nitrogens is 3. The van der Waals surface area contributed by atoms with Crippen molar-refractivity contribution >= 4 is 15.9 Å². The lowest BCUT2D eigenvalue weighted by atomic mass is 10.1. The van der Waals surface area contributed by atoms with E-state index in [1.807, 2.05) is 19.3 Å². The van der Waals surface area contributed by atoms with Crippen LogP contribution < -0.4 is 15.2 Å². The fourth-order valence-electron chi connectivity index (χ4n) is 2.62. The SMILES string of the molecule is COc1ccc(S(=O)(=O)NCc2cncc(-c3cnn(C)c3)c2)cc1C(N)=O. The second-order valence-electron chi connectivity index (χ2n) is 6.04. The van der Waals surface area contributed by atoms with Crippen LogP contribution in [0.2, 0.25) is 0 Å². The molecule has 0 fully saturated rings. The Labute approximate surface area is 162 Å². The van der Waals surface area contributed by atoms with Gasteiger partial charge in [0.1, 0.15) is 5.75 Å². The van der Waals surface area contributed by atoms with Crippen molar-refractivity contribution in [1.29, 1.82) is 0 Å². The molecule has 3 N–H and O–H groups in total. The number of methoxy groups -OCH3 is 1. The predicted molar refractivity (Wildman–Crippen MR) is 102 cm³/mol. The smallest absolute Gasteiger partial charge is 0.252 e. The molecule has 0 spiro atoms. The molecular weight excluding hydrogens is 382 g/mol. The van der Waals surface area contributed by atoms with Gasteiger partial charge in [0.2, 0.25) is 10.0 Å². The molecule has 3 rings (SSSR count). The molecule has 2 aromatic heterocycles. The van der Waals surface area contributed by atoms with Gasteiger partial charge < -0.3 is 10.5 Å². The van der Waals surface area contributed by atoms with E-state index in [1.54, 1.807) is 23.3 Å². The van der Waals surface area contributed by atoms with E-state index in [0.717, 1.165) is 11.1 Å². The summed E-state index contributed by atoms with van der Waals surface area (Å²) < 4.78 is 34.4. The van der Waals surface area contributed by atoms with E-state index in [1.165, 1.54) is 25.3 Å². The molecule has 10 heteroatoms. The van der Waals surface area contributed by atoms with Crippen molar-refractivity contribution in [2.75, 3.05) is 7.11 Å². The van der Waals surface area contributed by atoms with Gasteiger partial charge in [-0.15, -0.1) is 0 Å². The molecule has 28 heavy (non-hydrogen) atoms. The minimum atomic E-state index is -3.87. The number of benzene rings is 1. The standard InChI is InChI=1S/C18H19N5O4S/c1-23-11-14(10-21-23)13-5-12(7-20-9-13)8-22-28(25,26)15-3-4-17(27-2)16(6-15)18(19)24/h3-7,9-11,22H,8H2,1-2H3,(H2,19,24). The average Bonchev–Trinajstić information content (AvgIpc) is 3.12. The van der Waals surface area contributed by atoms with Crippen molar-refractivity contribution < 1.29 is 17.9 Å². The molecule has 0 aliphatic carbocycles. The summed E-state index contributed by atoms with van der Waals surface area (Å²) in [5, 5.41) is 4.11. The Bertz CT molecular complexity index is 1120. The van der Waals surface area contributed by atoms with Gasteiger partial charge in [-0.3, -0.25) is 14.5 Å². The molecule has 0 saturated heterocycles. The van der Waals surface area contributed by atoms with Gasteiger partial charge in [-0.1, -0.05) is 0 Å². The number of pyridine rings is 1. The highest BCUT2D eigenvalue weighted by atomic mass is 32.2. The van der Waals surface area contributed by atoms with Crippen LogP contribution in [0.15, 0.2) is 53.9 Å². The number of aryl methyl sites for hydroxylation is 1. The van der Waals surface area contributed by atoms with Crippen molar-refractivity contribution in [3.63, 3.8) is 0 Å². The van der Waals surface area contributed by atoms with Crippen molar-refractivity contribution in [2.24, 2.45) is 12.8 Å². The van der Waals surface area contributed by atoms with Gasteiger partial charge in [0.15, 0.2) is 0 Å². The van der Waals surface area contributed by atoms with Gasteiger partial charge in [0.25, 0.3) is 5.91 Å². The van der Waals surface area contributed by atoms with Gasteiger partial charge in [-0.05, 0) is 29.8 Å². The first-order chi connectivity index (χ1) is 13.3. The number of primary amides is 1. The van der Waals surface area contributed by atoms with E-state index in [0.29, 0.717) is 5.56 Å². The van der Waals surface area contributed by atoms with Crippen molar-refractivity contribution in [1.82, 2.24) is 19.5 Å². The number of hydrogen-bond donors (Lipinski definition) is 2. The normalized spacial score (nSPS) is 11.4. The first kappa shape index (κ1) is 19.5.